The van der Waals surface area contributed by atoms with Gasteiger partial charge >= 0.3 is 42.0 Å². The lowest BCUT2D eigenvalue weighted by Gasteiger charge is -2.45. The fraction of sp³-hybridized carbons (Fsp3) is 0.778. The Morgan fingerprint density at radius 2 is 0.760 bits per heavy atom. The zero-order valence-electron chi connectivity index (χ0n) is 10.5. The van der Waals surface area contributed by atoms with Gasteiger partial charge in [0, 0.05) is 0 Å². The Morgan fingerprint density at radius 3 is 1.00 bits per heavy atom. The van der Waals surface area contributed by atoms with Crippen LogP contribution in [0.4, 0.5) is 70.2 Å². The van der Waals surface area contributed by atoms with Crippen LogP contribution in [0.2, 0.25) is 0 Å². The lowest BCUT2D eigenvalue weighted by molar-refractivity contribution is -0.379. The lowest BCUT2D eigenvalue weighted by Crippen LogP contribution is -2.71. The van der Waals surface area contributed by atoms with E-state index in [0.29, 0.717) is 0 Å². The summed E-state index contributed by atoms with van der Waals surface area (Å²) in [5, 5.41) is 0. The van der Waals surface area contributed by atoms with Crippen molar-refractivity contribution in [2.45, 2.75) is 42.0 Å². The summed E-state index contributed by atoms with van der Waals surface area (Å²) < 4.78 is 203. The molecule has 0 spiro atoms. The molecule has 0 aliphatic heterocycles. The van der Waals surface area contributed by atoms with Crippen LogP contribution >= 0.6 is 0 Å². The second kappa shape index (κ2) is 4.86. The fourth-order valence-electron chi connectivity index (χ4n) is 1.84. The van der Waals surface area contributed by atoms with Crippen LogP contribution in [-0.2, 0) is 0 Å². The van der Waals surface area contributed by atoms with Crippen molar-refractivity contribution in [1.82, 2.24) is 0 Å². The molecule has 0 radical (unpaired) electrons. The highest BCUT2D eigenvalue weighted by Crippen LogP contribution is 2.67. The molecule has 1 aliphatic rings. The third-order valence-corrected chi connectivity index (χ3v) is 3.01. The van der Waals surface area contributed by atoms with Crippen LogP contribution in [0.3, 0.4) is 0 Å². The molecule has 0 aromatic rings. The van der Waals surface area contributed by atoms with Gasteiger partial charge in [-0.05, 0) is 0 Å². The molecule has 0 aromatic carbocycles. The Balaban J connectivity index is 4.22. The van der Waals surface area contributed by atoms with E-state index in [0.717, 1.165) is 0 Å². The minimum atomic E-state index is -7.71. The average Bonchev–Trinajstić information content (AvgIpc) is 2.29. The van der Waals surface area contributed by atoms with Gasteiger partial charge in [-0.15, -0.1) is 0 Å². The molecule has 0 aromatic heterocycles. The SMILES string of the molecule is FC(F)(F)C1=C(C(F)(F)C(F)(F)F)C(F)(F)C(F)(F)C(F)(F)C1(F)F. The van der Waals surface area contributed by atoms with Gasteiger partial charge in [0.05, 0.1) is 5.57 Å². The van der Waals surface area contributed by atoms with Crippen molar-refractivity contribution in [2.24, 2.45) is 0 Å². The van der Waals surface area contributed by atoms with E-state index < -0.39 is 53.1 Å². The smallest absolute Gasteiger partial charge is 0.194 e. The van der Waals surface area contributed by atoms with Crippen LogP contribution in [0.25, 0.3) is 0 Å². The normalized spacial score (nSPS) is 25.9. The predicted molar refractivity (Wildman–Crippen MR) is 43.9 cm³/mol. The van der Waals surface area contributed by atoms with Crippen LogP contribution in [0.15, 0.2) is 11.1 Å². The van der Waals surface area contributed by atoms with Gasteiger partial charge in [0.15, 0.2) is 0 Å². The van der Waals surface area contributed by atoms with Crippen molar-refractivity contribution in [3.63, 3.8) is 0 Å². The quantitative estimate of drug-likeness (QED) is 0.389. The highest BCUT2D eigenvalue weighted by Gasteiger charge is 2.91. The molecule has 0 heterocycles. The number of hydrogen-bond acceptors (Lipinski definition) is 0. The third-order valence-electron chi connectivity index (χ3n) is 3.01. The Hall–Kier alpha value is -1.38. The second-order valence-corrected chi connectivity index (χ2v) is 4.62. The molecule has 16 heteroatoms. The van der Waals surface area contributed by atoms with Crippen molar-refractivity contribution in [1.29, 1.82) is 0 Å². The lowest BCUT2D eigenvalue weighted by atomic mass is 9.77. The van der Waals surface area contributed by atoms with E-state index in [2.05, 4.69) is 0 Å². The van der Waals surface area contributed by atoms with E-state index in [9.17, 15) is 70.2 Å². The Morgan fingerprint density at radius 1 is 0.480 bits per heavy atom. The Labute approximate surface area is 125 Å². The maximum atomic E-state index is 13.2. The first-order chi connectivity index (χ1) is 10.5. The van der Waals surface area contributed by atoms with Crippen LogP contribution < -0.4 is 0 Å². The summed E-state index contributed by atoms with van der Waals surface area (Å²) in [7, 11) is 0. The van der Waals surface area contributed by atoms with E-state index in [-0.39, 0.29) is 0 Å². The molecule has 0 unspecified atom stereocenters. The highest BCUT2D eigenvalue weighted by atomic mass is 19.4. The van der Waals surface area contributed by atoms with Crippen LogP contribution in [0, 0.1) is 0 Å². The van der Waals surface area contributed by atoms with E-state index in [1.54, 1.807) is 0 Å². The number of allylic oxidation sites excluding steroid dienone is 2. The van der Waals surface area contributed by atoms with Gasteiger partial charge in [0.2, 0.25) is 0 Å². The summed E-state index contributed by atoms with van der Waals surface area (Å²) in [6.45, 7) is 0. The molecule has 0 N–H and O–H groups in total. The minimum absolute atomic E-state index is 5.09. The molecule has 0 saturated carbocycles. The number of rotatable bonds is 1. The van der Waals surface area contributed by atoms with Crippen LogP contribution in [0.5, 0.6) is 0 Å². The van der Waals surface area contributed by atoms with Crippen molar-refractivity contribution < 1.29 is 70.2 Å². The summed E-state index contributed by atoms with van der Waals surface area (Å²) in [6.07, 6.45) is -14.9. The molecule has 1 aliphatic carbocycles. The Bertz CT molecular complexity index is 584. The molecule has 0 atom stereocenters. The van der Waals surface area contributed by atoms with Gasteiger partial charge in [-0.1, -0.05) is 0 Å². The van der Waals surface area contributed by atoms with Gasteiger partial charge in [-0.3, -0.25) is 0 Å². The van der Waals surface area contributed by atoms with E-state index >= 15 is 0 Å². The maximum absolute atomic E-state index is 13.2. The first kappa shape index (κ1) is 21.7. The van der Waals surface area contributed by atoms with Crippen molar-refractivity contribution in [3.05, 3.63) is 11.1 Å². The molecular formula is C9F16. The van der Waals surface area contributed by atoms with Gasteiger partial charge in [-0.2, -0.15) is 70.2 Å². The summed E-state index contributed by atoms with van der Waals surface area (Å²) >= 11 is 0. The molecule has 1 rings (SSSR count). The summed E-state index contributed by atoms with van der Waals surface area (Å²) in [5.41, 5.74) is -10.3. The molecule has 25 heavy (non-hydrogen) atoms. The summed E-state index contributed by atoms with van der Waals surface area (Å²) in [5.74, 6) is -38.1. The molecule has 148 valence electrons. The number of halogens is 16. The number of hydrogen-bond donors (Lipinski definition) is 0. The predicted octanol–water partition coefficient (Wildman–Crippen LogP) is 5.60. The standard InChI is InChI=1S/C9F16/c10-3(11)1(5(14,15)9(23,24)25)2(6(16,17)18)4(12,13)8(21,22)7(3,19)20. The van der Waals surface area contributed by atoms with E-state index in [1.807, 2.05) is 0 Å². The van der Waals surface area contributed by atoms with Gasteiger partial charge in [0.1, 0.15) is 5.57 Å². The average molecular weight is 412 g/mol. The topological polar surface area (TPSA) is 0 Å². The van der Waals surface area contributed by atoms with Gasteiger partial charge in [-0.25, -0.2) is 0 Å². The van der Waals surface area contributed by atoms with Gasteiger partial charge < -0.3 is 0 Å². The second-order valence-electron chi connectivity index (χ2n) is 4.62. The summed E-state index contributed by atoms with van der Waals surface area (Å²) in [4.78, 5) is 0. The Kier molecular flexibility index (Phi) is 4.22. The first-order valence-electron chi connectivity index (χ1n) is 5.27. The molecule has 0 nitrogen and oxygen atoms in total. The molecule has 0 saturated heterocycles. The van der Waals surface area contributed by atoms with E-state index in [4.69, 9.17) is 0 Å². The third kappa shape index (κ3) is 2.45. The van der Waals surface area contributed by atoms with Gasteiger partial charge in [0.25, 0.3) is 0 Å². The minimum Gasteiger partial charge on any atom is -0.194 e. The van der Waals surface area contributed by atoms with Crippen molar-refractivity contribution >= 4 is 0 Å². The van der Waals surface area contributed by atoms with Crippen LogP contribution in [0.1, 0.15) is 0 Å². The largest absolute Gasteiger partial charge is 0.457 e. The van der Waals surface area contributed by atoms with E-state index in [1.165, 1.54) is 0 Å². The monoisotopic (exact) mass is 412 g/mol. The molecular weight excluding hydrogens is 412 g/mol. The first-order valence-corrected chi connectivity index (χ1v) is 5.27. The van der Waals surface area contributed by atoms with Crippen molar-refractivity contribution in [3.8, 4) is 0 Å². The maximum Gasteiger partial charge on any atom is 0.457 e. The van der Waals surface area contributed by atoms with Crippen LogP contribution in [-0.4, -0.2) is 42.0 Å². The molecule has 0 amide bonds. The fourth-order valence-corrected chi connectivity index (χ4v) is 1.84. The number of alkyl halides is 16. The zero-order chi connectivity index (χ0) is 20.7. The highest BCUT2D eigenvalue weighted by molar-refractivity contribution is 5.45. The zero-order valence-corrected chi connectivity index (χ0v) is 10.5. The molecule has 0 fully saturated rings. The summed E-state index contributed by atoms with van der Waals surface area (Å²) in [6, 6.07) is 0. The van der Waals surface area contributed by atoms with Crippen molar-refractivity contribution in [2.75, 3.05) is 0 Å². The molecule has 0 bridgehead atoms.